The first-order valence-electron chi connectivity index (χ1n) is 6.51. The molecule has 0 unspecified atom stereocenters. The highest BCUT2D eigenvalue weighted by molar-refractivity contribution is 5.66. The minimum atomic E-state index is 0.639. The quantitative estimate of drug-likeness (QED) is 0.842. The molecule has 3 rings (SSSR count). The number of fused-ring (bicyclic) bond motifs is 1. The third-order valence-electron chi connectivity index (χ3n) is 3.59. The lowest BCUT2D eigenvalue weighted by Crippen LogP contribution is -2.43. The number of rotatable bonds is 2. The first kappa shape index (κ1) is 10.8. The SMILES string of the molecule is C1=Nc2ccccc2CN1C[C@H]1CCCCN1. The van der Waals surface area contributed by atoms with Crippen LogP contribution in [-0.2, 0) is 6.54 Å². The van der Waals surface area contributed by atoms with Gasteiger partial charge in [0.15, 0.2) is 0 Å². The van der Waals surface area contributed by atoms with Gasteiger partial charge in [-0.2, -0.15) is 0 Å². The fourth-order valence-electron chi connectivity index (χ4n) is 2.65. The molecule has 0 bridgehead atoms. The highest BCUT2D eigenvalue weighted by atomic mass is 15.2. The lowest BCUT2D eigenvalue weighted by Gasteiger charge is -2.31. The fraction of sp³-hybridized carbons (Fsp3) is 0.500. The lowest BCUT2D eigenvalue weighted by molar-refractivity contribution is 0.307. The maximum Gasteiger partial charge on any atom is 0.0916 e. The monoisotopic (exact) mass is 229 g/mol. The number of nitrogens with one attached hydrogen (secondary N) is 1. The van der Waals surface area contributed by atoms with E-state index in [1.165, 1.54) is 31.4 Å². The molecule has 3 nitrogen and oxygen atoms in total. The highest BCUT2D eigenvalue weighted by Crippen LogP contribution is 2.23. The number of piperidine rings is 1. The van der Waals surface area contributed by atoms with Crippen LogP contribution < -0.4 is 5.32 Å². The molecule has 17 heavy (non-hydrogen) atoms. The third-order valence-corrected chi connectivity index (χ3v) is 3.59. The zero-order valence-electron chi connectivity index (χ0n) is 10.1. The van der Waals surface area contributed by atoms with Crippen LogP contribution in [0.2, 0.25) is 0 Å². The fourth-order valence-corrected chi connectivity index (χ4v) is 2.65. The van der Waals surface area contributed by atoms with Crippen LogP contribution in [0.5, 0.6) is 0 Å². The van der Waals surface area contributed by atoms with Crippen molar-refractivity contribution >= 4 is 12.0 Å². The van der Waals surface area contributed by atoms with Crippen molar-refractivity contribution < 1.29 is 0 Å². The van der Waals surface area contributed by atoms with Gasteiger partial charge in [0.05, 0.1) is 12.0 Å². The van der Waals surface area contributed by atoms with Crippen LogP contribution in [0.3, 0.4) is 0 Å². The summed E-state index contributed by atoms with van der Waals surface area (Å²) in [7, 11) is 0. The van der Waals surface area contributed by atoms with Crippen LogP contribution in [0, 0.1) is 0 Å². The largest absolute Gasteiger partial charge is 0.357 e. The molecule has 2 heterocycles. The molecule has 3 heteroatoms. The molecule has 0 aromatic heterocycles. The summed E-state index contributed by atoms with van der Waals surface area (Å²) in [5.74, 6) is 0. The first-order valence-corrected chi connectivity index (χ1v) is 6.51. The molecule has 0 radical (unpaired) electrons. The minimum absolute atomic E-state index is 0.639. The van der Waals surface area contributed by atoms with E-state index < -0.39 is 0 Å². The van der Waals surface area contributed by atoms with Crippen LogP contribution in [0.15, 0.2) is 29.3 Å². The van der Waals surface area contributed by atoms with Gasteiger partial charge in [0.2, 0.25) is 0 Å². The molecule has 1 aromatic carbocycles. The molecule has 0 amide bonds. The van der Waals surface area contributed by atoms with Gasteiger partial charge in [-0.3, -0.25) is 0 Å². The molecular weight excluding hydrogens is 210 g/mol. The van der Waals surface area contributed by atoms with Gasteiger partial charge >= 0.3 is 0 Å². The molecule has 1 fully saturated rings. The van der Waals surface area contributed by atoms with Crippen molar-refractivity contribution in [3.8, 4) is 0 Å². The van der Waals surface area contributed by atoms with Crippen LogP contribution in [0.4, 0.5) is 5.69 Å². The van der Waals surface area contributed by atoms with Crippen molar-refractivity contribution in [2.24, 2.45) is 4.99 Å². The Kier molecular flexibility index (Phi) is 3.10. The van der Waals surface area contributed by atoms with E-state index in [1.807, 2.05) is 6.34 Å². The topological polar surface area (TPSA) is 27.6 Å². The predicted molar refractivity (Wildman–Crippen MR) is 70.6 cm³/mol. The Hall–Kier alpha value is -1.35. The van der Waals surface area contributed by atoms with Crippen LogP contribution >= 0.6 is 0 Å². The van der Waals surface area contributed by atoms with Gasteiger partial charge in [0.25, 0.3) is 0 Å². The van der Waals surface area contributed by atoms with Crippen LogP contribution in [0.1, 0.15) is 24.8 Å². The molecule has 1 aromatic rings. The maximum atomic E-state index is 4.51. The Bertz CT molecular complexity index is 408. The number of benzene rings is 1. The van der Waals surface area contributed by atoms with E-state index in [9.17, 15) is 0 Å². The van der Waals surface area contributed by atoms with Crippen LogP contribution in [-0.4, -0.2) is 30.4 Å². The maximum absolute atomic E-state index is 4.51. The summed E-state index contributed by atoms with van der Waals surface area (Å²) < 4.78 is 0. The Morgan fingerprint density at radius 3 is 3.12 bits per heavy atom. The number of para-hydroxylation sites is 1. The first-order chi connectivity index (χ1) is 8.42. The summed E-state index contributed by atoms with van der Waals surface area (Å²) >= 11 is 0. The smallest absolute Gasteiger partial charge is 0.0916 e. The average molecular weight is 229 g/mol. The minimum Gasteiger partial charge on any atom is -0.357 e. The zero-order chi connectivity index (χ0) is 11.5. The Balaban J connectivity index is 1.64. The van der Waals surface area contributed by atoms with E-state index in [2.05, 4.69) is 39.5 Å². The normalized spacial score (nSPS) is 23.5. The number of hydrogen-bond donors (Lipinski definition) is 1. The van der Waals surface area contributed by atoms with Gasteiger partial charge in [-0.15, -0.1) is 0 Å². The zero-order valence-corrected chi connectivity index (χ0v) is 10.1. The number of nitrogens with zero attached hydrogens (tertiary/aromatic N) is 2. The lowest BCUT2D eigenvalue weighted by atomic mass is 10.0. The Morgan fingerprint density at radius 1 is 1.29 bits per heavy atom. The molecular formula is C14H19N3. The van der Waals surface area contributed by atoms with Gasteiger partial charge in [-0.05, 0) is 31.0 Å². The van der Waals surface area contributed by atoms with Gasteiger partial charge in [0, 0.05) is 19.1 Å². The van der Waals surface area contributed by atoms with E-state index in [0.29, 0.717) is 6.04 Å². The van der Waals surface area contributed by atoms with Crippen molar-refractivity contribution in [3.63, 3.8) is 0 Å². The second kappa shape index (κ2) is 4.88. The molecule has 2 aliphatic heterocycles. The number of hydrogen-bond acceptors (Lipinski definition) is 3. The molecule has 2 aliphatic rings. The van der Waals surface area contributed by atoms with Crippen molar-refractivity contribution in [1.82, 2.24) is 10.2 Å². The molecule has 1 N–H and O–H groups in total. The Morgan fingerprint density at radius 2 is 2.24 bits per heavy atom. The van der Waals surface area contributed by atoms with Gasteiger partial charge in [-0.1, -0.05) is 24.6 Å². The van der Waals surface area contributed by atoms with Gasteiger partial charge in [-0.25, -0.2) is 4.99 Å². The van der Waals surface area contributed by atoms with Gasteiger partial charge < -0.3 is 10.2 Å². The summed E-state index contributed by atoms with van der Waals surface area (Å²) in [6, 6.07) is 9.04. The molecule has 0 saturated carbocycles. The van der Waals surface area contributed by atoms with E-state index in [1.54, 1.807) is 0 Å². The molecule has 1 saturated heterocycles. The van der Waals surface area contributed by atoms with E-state index in [0.717, 1.165) is 18.8 Å². The predicted octanol–water partition coefficient (Wildman–Crippen LogP) is 2.30. The second-order valence-corrected chi connectivity index (χ2v) is 4.95. The molecule has 1 atom stereocenters. The molecule has 90 valence electrons. The Labute approximate surface area is 103 Å². The molecule has 0 spiro atoms. The van der Waals surface area contributed by atoms with Crippen molar-refractivity contribution in [3.05, 3.63) is 29.8 Å². The third kappa shape index (κ3) is 2.50. The van der Waals surface area contributed by atoms with Gasteiger partial charge in [0.1, 0.15) is 0 Å². The van der Waals surface area contributed by atoms with Crippen molar-refractivity contribution in [2.45, 2.75) is 31.8 Å². The summed E-state index contributed by atoms with van der Waals surface area (Å²) in [4.78, 5) is 6.84. The van der Waals surface area contributed by atoms with E-state index in [4.69, 9.17) is 0 Å². The van der Waals surface area contributed by atoms with E-state index in [-0.39, 0.29) is 0 Å². The number of aliphatic imine (C=N–C) groups is 1. The standard InChI is InChI=1S/C14H19N3/c1-2-7-14-12(5-1)9-17(11-16-14)10-13-6-3-4-8-15-13/h1-2,5,7,11,13,15H,3-4,6,8-10H2/t13-/m1/s1. The average Bonchev–Trinajstić information content (AvgIpc) is 2.40. The summed E-state index contributed by atoms with van der Waals surface area (Å²) in [6.45, 7) is 3.25. The van der Waals surface area contributed by atoms with Crippen molar-refractivity contribution in [2.75, 3.05) is 13.1 Å². The van der Waals surface area contributed by atoms with Crippen LogP contribution in [0.25, 0.3) is 0 Å². The summed E-state index contributed by atoms with van der Waals surface area (Å²) in [5.41, 5.74) is 2.46. The second-order valence-electron chi connectivity index (χ2n) is 4.95. The summed E-state index contributed by atoms with van der Waals surface area (Å²) in [6.07, 6.45) is 5.98. The molecule has 0 aliphatic carbocycles. The summed E-state index contributed by atoms with van der Waals surface area (Å²) in [5, 5.41) is 3.59. The van der Waals surface area contributed by atoms with Crippen molar-refractivity contribution in [1.29, 1.82) is 0 Å². The highest BCUT2D eigenvalue weighted by Gasteiger charge is 2.17. The van der Waals surface area contributed by atoms with E-state index >= 15 is 0 Å².